The topological polar surface area (TPSA) is 56.6 Å². The Morgan fingerprint density at radius 2 is 1.89 bits per heavy atom. The summed E-state index contributed by atoms with van der Waals surface area (Å²) in [4.78, 5) is 14.6. The van der Waals surface area contributed by atoms with E-state index in [4.69, 9.17) is 9.47 Å². The first-order chi connectivity index (χ1) is 13.6. The van der Waals surface area contributed by atoms with Crippen molar-refractivity contribution in [3.8, 4) is 11.6 Å². The van der Waals surface area contributed by atoms with E-state index in [1.54, 1.807) is 7.11 Å². The maximum Gasteiger partial charge on any atom is 0.254 e. The molecule has 0 fully saturated rings. The standard InChI is InChI=1S/C22H23N3O3/c1-16-7-9-17(10-8-16)22(26)24-11-12-25-19(14-24)13-21(23-25)28-15-18-5-3-4-6-20(18)27-2/h3-10,13H,11-12,14-15H2,1-2H3. The molecule has 1 aliphatic heterocycles. The molecule has 0 radical (unpaired) electrons. The molecule has 6 nitrogen and oxygen atoms in total. The van der Waals surface area contributed by atoms with E-state index in [2.05, 4.69) is 5.10 Å². The molecule has 4 rings (SSSR count). The van der Waals surface area contributed by atoms with E-state index in [-0.39, 0.29) is 5.91 Å². The Morgan fingerprint density at radius 3 is 2.68 bits per heavy atom. The van der Waals surface area contributed by atoms with Crippen molar-refractivity contribution in [3.05, 3.63) is 77.0 Å². The van der Waals surface area contributed by atoms with Gasteiger partial charge in [-0.3, -0.25) is 9.48 Å². The smallest absolute Gasteiger partial charge is 0.254 e. The molecule has 144 valence electrons. The first-order valence-electron chi connectivity index (χ1n) is 9.31. The normalized spacial score (nSPS) is 13.1. The van der Waals surface area contributed by atoms with Crippen molar-refractivity contribution in [1.29, 1.82) is 0 Å². The molecule has 0 saturated heterocycles. The van der Waals surface area contributed by atoms with Gasteiger partial charge in [0.15, 0.2) is 0 Å². The minimum atomic E-state index is 0.0453. The average molecular weight is 377 g/mol. The summed E-state index contributed by atoms with van der Waals surface area (Å²) >= 11 is 0. The predicted octanol–water partition coefficient (Wildman–Crippen LogP) is 3.44. The maximum atomic E-state index is 12.8. The van der Waals surface area contributed by atoms with Gasteiger partial charge in [0.25, 0.3) is 5.91 Å². The fourth-order valence-electron chi connectivity index (χ4n) is 3.34. The number of benzene rings is 2. The Bertz CT molecular complexity index is 979. The van der Waals surface area contributed by atoms with Crippen LogP contribution >= 0.6 is 0 Å². The molecule has 1 aromatic heterocycles. The number of aromatic nitrogens is 2. The predicted molar refractivity (Wildman–Crippen MR) is 105 cm³/mol. The molecule has 0 aliphatic carbocycles. The number of carbonyl (C=O) groups is 1. The van der Waals surface area contributed by atoms with Gasteiger partial charge in [0.05, 0.1) is 25.9 Å². The quantitative estimate of drug-likeness (QED) is 0.684. The Labute approximate surface area is 164 Å². The van der Waals surface area contributed by atoms with Gasteiger partial charge in [0.2, 0.25) is 5.88 Å². The van der Waals surface area contributed by atoms with Gasteiger partial charge in [-0.25, -0.2) is 0 Å². The summed E-state index contributed by atoms with van der Waals surface area (Å²) in [5.74, 6) is 1.40. The average Bonchev–Trinajstić information content (AvgIpc) is 3.14. The molecule has 0 atom stereocenters. The summed E-state index contributed by atoms with van der Waals surface area (Å²) in [5, 5.41) is 4.52. The molecule has 2 aromatic carbocycles. The number of fused-ring (bicyclic) bond motifs is 1. The lowest BCUT2D eigenvalue weighted by Gasteiger charge is -2.27. The number of methoxy groups -OCH3 is 1. The van der Waals surface area contributed by atoms with E-state index in [1.807, 2.05) is 71.1 Å². The Kier molecular flexibility index (Phi) is 5.02. The fraction of sp³-hybridized carbons (Fsp3) is 0.273. The molecule has 6 heteroatoms. The summed E-state index contributed by atoms with van der Waals surface area (Å²) in [5.41, 5.74) is 3.80. The minimum absolute atomic E-state index is 0.0453. The first-order valence-corrected chi connectivity index (χ1v) is 9.31. The zero-order valence-electron chi connectivity index (χ0n) is 16.1. The van der Waals surface area contributed by atoms with Crippen LogP contribution in [0.15, 0.2) is 54.6 Å². The molecular formula is C22H23N3O3. The van der Waals surface area contributed by atoms with Crippen LogP contribution in [0.2, 0.25) is 0 Å². The molecule has 0 N–H and O–H groups in total. The molecule has 0 bridgehead atoms. The third-order valence-electron chi connectivity index (χ3n) is 4.93. The second-order valence-corrected chi connectivity index (χ2v) is 6.89. The zero-order chi connectivity index (χ0) is 19.5. The van der Waals surface area contributed by atoms with E-state index >= 15 is 0 Å². The van der Waals surface area contributed by atoms with Gasteiger partial charge in [-0.2, -0.15) is 0 Å². The highest BCUT2D eigenvalue weighted by Gasteiger charge is 2.23. The van der Waals surface area contributed by atoms with Gasteiger partial charge < -0.3 is 14.4 Å². The van der Waals surface area contributed by atoms with Crippen molar-refractivity contribution in [2.45, 2.75) is 26.6 Å². The monoisotopic (exact) mass is 377 g/mol. The molecule has 1 amide bonds. The summed E-state index contributed by atoms with van der Waals surface area (Å²) in [7, 11) is 1.65. The number of rotatable bonds is 5. The highest BCUT2D eigenvalue weighted by Crippen LogP contribution is 2.23. The van der Waals surface area contributed by atoms with Crippen molar-refractivity contribution in [3.63, 3.8) is 0 Å². The highest BCUT2D eigenvalue weighted by atomic mass is 16.5. The third kappa shape index (κ3) is 3.71. The number of nitrogens with zero attached hydrogens (tertiary/aromatic N) is 3. The molecular weight excluding hydrogens is 354 g/mol. The van der Waals surface area contributed by atoms with Crippen LogP contribution in [0.5, 0.6) is 11.6 Å². The molecule has 2 heterocycles. The van der Waals surface area contributed by atoms with Crippen LogP contribution in [-0.4, -0.2) is 34.2 Å². The van der Waals surface area contributed by atoms with Gasteiger partial charge in [0, 0.05) is 23.7 Å². The second kappa shape index (κ2) is 7.76. The molecule has 0 spiro atoms. The van der Waals surface area contributed by atoms with Crippen LogP contribution in [0.25, 0.3) is 0 Å². The van der Waals surface area contributed by atoms with Crippen LogP contribution in [0.3, 0.4) is 0 Å². The van der Waals surface area contributed by atoms with Crippen molar-refractivity contribution in [2.75, 3.05) is 13.7 Å². The summed E-state index contributed by atoms with van der Waals surface area (Å²) < 4.78 is 13.1. The lowest BCUT2D eigenvalue weighted by atomic mass is 10.1. The fourth-order valence-corrected chi connectivity index (χ4v) is 3.34. The number of hydrogen-bond donors (Lipinski definition) is 0. The number of carbonyl (C=O) groups excluding carboxylic acids is 1. The van der Waals surface area contributed by atoms with Crippen LogP contribution in [-0.2, 0) is 19.7 Å². The van der Waals surface area contributed by atoms with Crippen molar-refractivity contribution < 1.29 is 14.3 Å². The molecule has 0 unspecified atom stereocenters. The Balaban J connectivity index is 1.43. The van der Waals surface area contributed by atoms with Crippen molar-refractivity contribution >= 4 is 5.91 Å². The van der Waals surface area contributed by atoms with Gasteiger partial charge in [0.1, 0.15) is 12.4 Å². The molecule has 3 aromatic rings. The Morgan fingerprint density at radius 1 is 1.11 bits per heavy atom. The van der Waals surface area contributed by atoms with Crippen LogP contribution in [0, 0.1) is 6.92 Å². The lowest BCUT2D eigenvalue weighted by Crippen LogP contribution is -2.38. The molecule has 0 saturated carbocycles. The van der Waals surface area contributed by atoms with Gasteiger partial charge >= 0.3 is 0 Å². The molecule has 1 aliphatic rings. The van der Waals surface area contributed by atoms with E-state index in [9.17, 15) is 4.79 Å². The summed E-state index contributed by atoms with van der Waals surface area (Å²) in [6.07, 6.45) is 0. The number of hydrogen-bond acceptors (Lipinski definition) is 4. The van der Waals surface area contributed by atoms with Crippen molar-refractivity contribution in [2.24, 2.45) is 0 Å². The minimum Gasteiger partial charge on any atom is -0.496 e. The maximum absolute atomic E-state index is 12.8. The van der Waals surface area contributed by atoms with Crippen molar-refractivity contribution in [1.82, 2.24) is 14.7 Å². The molecule has 28 heavy (non-hydrogen) atoms. The van der Waals surface area contributed by atoms with Crippen LogP contribution in [0.4, 0.5) is 0 Å². The van der Waals surface area contributed by atoms with Gasteiger partial charge in [-0.05, 0) is 25.1 Å². The number of ether oxygens (including phenoxy) is 2. The Hall–Kier alpha value is -3.28. The number of aryl methyl sites for hydroxylation is 1. The number of amides is 1. The van der Waals surface area contributed by atoms with Gasteiger partial charge in [-0.1, -0.05) is 35.9 Å². The number of para-hydroxylation sites is 1. The second-order valence-electron chi connectivity index (χ2n) is 6.89. The third-order valence-corrected chi connectivity index (χ3v) is 4.93. The van der Waals surface area contributed by atoms with E-state index in [0.29, 0.717) is 37.7 Å². The SMILES string of the molecule is COc1ccccc1COc1cc2n(n1)CCN(C(=O)c1ccc(C)cc1)C2. The van der Waals surface area contributed by atoms with E-state index in [0.717, 1.165) is 22.6 Å². The summed E-state index contributed by atoms with van der Waals surface area (Å²) in [6, 6.07) is 17.4. The first kappa shape index (κ1) is 18.1. The van der Waals surface area contributed by atoms with Gasteiger partial charge in [-0.15, -0.1) is 5.10 Å². The zero-order valence-corrected chi connectivity index (χ0v) is 16.1. The van der Waals surface area contributed by atoms with E-state index in [1.165, 1.54) is 0 Å². The lowest BCUT2D eigenvalue weighted by molar-refractivity contribution is 0.0706. The van der Waals surface area contributed by atoms with Crippen LogP contribution < -0.4 is 9.47 Å². The highest BCUT2D eigenvalue weighted by molar-refractivity contribution is 5.94. The van der Waals surface area contributed by atoms with Crippen LogP contribution in [0.1, 0.15) is 27.2 Å². The van der Waals surface area contributed by atoms with E-state index < -0.39 is 0 Å². The summed E-state index contributed by atoms with van der Waals surface area (Å²) in [6.45, 7) is 4.21. The largest absolute Gasteiger partial charge is 0.496 e.